The van der Waals surface area contributed by atoms with Gasteiger partial charge in [0, 0.05) is 10.9 Å². The zero-order valence-corrected chi connectivity index (χ0v) is 11.0. The van der Waals surface area contributed by atoms with Crippen molar-refractivity contribution in [2.45, 2.75) is 12.3 Å². The largest absolute Gasteiger partial charge is 0.494 e. The lowest BCUT2D eigenvalue weighted by Crippen LogP contribution is -2.03. The quantitative estimate of drug-likeness (QED) is 0.818. The highest BCUT2D eigenvalue weighted by Gasteiger charge is 2.15. The second-order valence-corrected chi connectivity index (χ2v) is 4.01. The number of nitrogens with zero attached hydrogens (tertiary/aromatic N) is 3. The fraction of sp³-hybridized carbons (Fsp3) is 0.273. The van der Waals surface area contributed by atoms with Crippen molar-refractivity contribution in [3.8, 4) is 11.4 Å². The van der Waals surface area contributed by atoms with Gasteiger partial charge in [0.2, 0.25) is 0 Å². The molecule has 1 heterocycles. The highest BCUT2D eigenvalue weighted by molar-refractivity contribution is 9.08. The summed E-state index contributed by atoms with van der Waals surface area (Å²) in [5.41, 5.74) is 1.15. The van der Waals surface area contributed by atoms with Gasteiger partial charge in [0.1, 0.15) is 12.2 Å². The standard InChI is InChI=1S/C11H11BrFN3O/c1-7-14-6-16(15-7)9-3-4-10(17-2)11(13)8(9)5-12/h3-4,6H,5H2,1-2H3. The summed E-state index contributed by atoms with van der Waals surface area (Å²) in [4.78, 5) is 4.02. The number of hydrogen-bond acceptors (Lipinski definition) is 3. The summed E-state index contributed by atoms with van der Waals surface area (Å²) in [7, 11) is 1.44. The van der Waals surface area contributed by atoms with E-state index >= 15 is 0 Å². The number of benzene rings is 1. The summed E-state index contributed by atoms with van der Waals surface area (Å²) in [5.74, 6) is 0.483. The maximum Gasteiger partial charge on any atom is 0.171 e. The fourth-order valence-electron chi connectivity index (χ4n) is 1.55. The Morgan fingerprint density at radius 3 is 2.76 bits per heavy atom. The monoisotopic (exact) mass is 299 g/mol. The Labute approximate surface area is 107 Å². The molecule has 0 saturated heterocycles. The Morgan fingerprint density at radius 2 is 2.24 bits per heavy atom. The van der Waals surface area contributed by atoms with Gasteiger partial charge in [0.25, 0.3) is 0 Å². The van der Waals surface area contributed by atoms with Gasteiger partial charge in [-0.2, -0.15) is 5.10 Å². The molecule has 2 rings (SSSR count). The molecule has 0 fully saturated rings. The van der Waals surface area contributed by atoms with Crippen molar-refractivity contribution in [3.05, 3.63) is 35.7 Å². The fourth-order valence-corrected chi connectivity index (χ4v) is 2.08. The van der Waals surface area contributed by atoms with E-state index in [9.17, 15) is 4.39 Å². The van der Waals surface area contributed by atoms with Crippen LogP contribution in [-0.2, 0) is 5.33 Å². The molecule has 0 N–H and O–H groups in total. The molecule has 0 amide bonds. The molecule has 6 heteroatoms. The molecule has 0 spiro atoms. The average molecular weight is 300 g/mol. The van der Waals surface area contributed by atoms with E-state index in [0.29, 0.717) is 22.4 Å². The van der Waals surface area contributed by atoms with Gasteiger partial charge in [0.15, 0.2) is 11.6 Å². The summed E-state index contributed by atoms with van der Waals surface area (Å²) in [5, 5.41) is 4.54. The van der Waals surface area contributed by atoms with E-state index < -0.39 is 0 Å². The number of hydrogen-bond donors (Lipinski definition) is 0. The first kappa shape index (κ1) is 12.0. The minimum absolute atomic E-state index is 0.222. The molecule has 4 nitrogen and oxygen atoms in total. The minimum atomic E-state index is -0.380. The van der Waals surface area contributed by atoms with E-state index in [1.54, 1.807) is 30.1 Å². The van der Waals surface area contributed by atoms with E-state index in [0.717, 1.165) is 0 Å². The molecule has 0 aliphatic rings. The molecule has 2 aromatic rings. The normalized spacial score (nSPS) is 10.6. The van der Waals surface area contributed by atoms with E-state index in [1.165, 1.54) is 7.11 Å². The third-order valence-corrected chi connectivity index (χ3v) is 2.95. The van der Waals surface area contributed by atoms with Crippen LogP contribution in [0.15, 0.2) is 18.5 Å². The van der Waals surface area contributed by atoms with Gasteiger partial charge in [0.05, 0.1) is 12.8 Å². The number of halogens is 2. The molecule has 0 bridgehead atoms. The van der Waals surface area contributed by atoms with Crippen molar-refractivity contribution in [1.82, 2.24) is 14.8 Å². The lowest BCUT2D eigenvalue weighted by molar-refractivity contribution is 0.384. The molecule has 90 valence electrons. The van der Waals surface area contributed by atoms with Crippen LogP contribution in [0.4, 0.5) is 4.39 Å². The molecule has 0 saturated carbocycles. The van der Waals surface area contributed by atoms with Gasteiger partial charge >= 0.3 is 0 Å². The van der Waals surface area contributed by atoms with E-state index in [4.69, 9.17) is 4.74 Å². The number of aryl methyl sites for hydroxylation is 1. The maximum absolute atomic E-state index is 14.0. The van der Waals surface area contributed by atoms with Crippen molar-refractivity contribution in [2.24, 2.45) is 0 Å². The van der Waals surface area contributed by atoms with Crippen LogP contribution in [0.2, 0.25) is 0 Å². The van der Waals surface area contributed by atoms with Gasteiger partial charge in [-0.3, -0.25) is 0 Å². The van der Waals surface area contributed by atoms with Gasteiger partial charge in [-0.1, -0.05) is 15.9 Å². The smallest absolute Gasteiger partial charge is 0.171 e. The molecule has 0 radical (unpaired) electrons. The number of methoxy groups -OCH3 is 1. The highest BCUT2D eigenvalue weighted by Crippen LogP contribution is 2.27. The van der Waals surface area contributed by atoms with Crippen molar-refractivity contribution in [1.29, 1.82) is 0 Å². The van der Waals surface area contributed by atoms with E-state index in [1.807, 2.05) is 0 Å². The predicted octanol–water partition coefficient (Wildman–Crippen LogP) is 2.62. The van der Waals surface area contributed by atoms with Crippen molar-refractivity contribution in [3.63, 3.8) is 0 Å². The minimum Gasteiger partial charge on any atom is -0.494 e. The predicted molar refractivity (Wildman–Crippen MR) is 65.2 cm³/mol. The van der Waals surface area contributed by atoms with Crippen LogP contribution < -0.4 is 4.74 Å². The van der Waals surface area contributed by atoms with Crippen molar-refractivity contribution < 1.29 is 9.13 Å². The Kier molecular flexibility index (Phi) is 3.42. The molecule has 17 heavy (non-hydrogen) atoms. The lowest BCUT2D eigenvalue weighted by Gasteiger charge is -2.10. The highest BCUT2D eigenvalue weighted by atomic mass is 79.9. The molecular weight excluding hydrogens is 289 g/mol. The number of alkyl halides is 1. The maximum atomic E-state index is 14.0. The van der Waals surface area contributed by atoms with Crippen LogP contribution in [0.5, 0.6) is 5.75 Å². The summed E-state index contributed by atoms with van der Waals surface area (Å²) in [6.45, 7) is 1.78. The van der Waals surface area contributed by atoms with Crippen LogP contribution >= 0.6 is 15.9 Å². The van der Waals surface area contributed by atoms with Gasteiger partial charge < -0.3 is 4.74 Å². The first-order valence-corrected chi connectivity index (χ1v) is 6.09. The number of rotatable bonds is 3. The SMILES string of the molecule is COc1ccc(-n2cnc(C)n2)c(CBr)c1F. The summed E-state index contributed by atoms with van der Waals surface area (Å²) in [6.07, 6.45) is 1.56. The molecule has 0 aliphatic heterocycles. The van der Waals surface area contributed by atoms with Crippen LogP contribution in [-0.4, -0.2) is 21.9 Å². The lowest BCUT2D eigenvalue weighted by atomic mass is 10.2. The van der Waals surface area contributed by atoms with Gasteiger partial charge in [-0.25, -0.2) is 14.1 Å². The van der Waals surface area contributed by atoms with Gasteiger partial charge in [-0.05, 0) is 19.1 Å². The second-order valence-electron chi connectivity index (χ2n) is 3.45. The van der Waals surface area contributed by atoms with Crippen LogP contribution in [0.25, 0.3) is 5.69 Å². The second kappa shape index (κ2) is 4.83. The summed E-state index contributed by atoms with van der Waals surface area (Å²) in [6, 6.07) is 3.33. The molecular formula is C11H11BrFN3O. The van der Waals surface area contributed by atoms with Crippen LogP contribution in [0.3, 0.4) is 0 Å². The Bertz CT molecular complexity index is 542. The molecule has 1 aromatic carbocycles. The molecule has 0 unspecified atom stereocenters. The number of ether oxygens (including phenoxy) is 1. The zero-order chi connectivity index (χ0) is 12.4. The van der Waals surface area contributed by atoms with Crippen LogP contribution in [0, 0.1) is 12.7 Å². The van der Waals surface area contributed by atoms with Crippen LogP contribution in [0.1, 0.15) is 11.4 Å². The molecule has 0 atom stereocenters. The summed E-state index contributed by atoms with van der Waals surface area (Å²) >= 11 is 3.27. The third kappa shape index (κ3) is 2.17. The van der Waals surface area contributed by atoms with Crippen molar-refractivity contribution >= 4 is 15.9 Å². The topological polar surface area (TPSA) is 39.9 Å². The van der Waals surface area contributed by atoms with Gasteiger partial charge in [-0.15, -0.1) is 0 Å². The van der Waals surface area contributed by atoms with Crippen molar-refractivity contribution in [2.75, 3.05) is 7.11 Å². The summed E-state index contributed by atoms with van der Waals surface area (Å²) < 4.78 is 20.5. The van der Waals surface area contributed by atoms with E-state index in [-0.39, 0.29) is 11.6 Å². The van der Waals surface area contributed by atoms with E-state index in [2.05, 4.69) is 26.0 Å². The first-order valence-electron chi connectivity index (χ1n) is 4.97. The Hall–Kier alpha value is -1.43. The molecule has 1 aromatic heterocycles. The third-order valence-electron chi connectivity index (χ3n) is 2.39. The number of aromatic nitrogens is 3. The zero-order valence-electron chi connectivity index (χ0n) is 9.44. The molecule has 0 aliphatic carbocycles. The Morgan fingerprint density at radius 1 is 1.47 bits per heavy atom. The Balaban J connectivity index is 2.58. The average Bonchev–Trinajstić information content (AvgIpc) is 2.75. The first-order chi connectivity index (χ1) is 8.17.